The maximum atomic E-state index is 11.6. The van der Waals surface area contributed by atoms with Crippen LogP contribution in [0.4, 0.5) is 0 Å². The van der Waals surface area contributed by atoms with Crippen LogP contribution in [0.2, 0.25) is 0 Å². The molecule has 1 aliphatic heterocycles. The van der Waals surface area contributed by atoms with Crippen molar-refractivity contribution in [1.82, 2.24) is 0 Å². The van der Waals surface area contributed by atoms with Gasteiger partial charge in [0.05, 0.1) is 12.7 Å². The zero-order chi connectivity index (χ0) is 9.31. The molecule has 0 bridgehead atoms. The molecule has 0 radical (unpaired) electrons. The number of hydrogen-bond donors (Lipinski definition) is 0. The van der Waals surface area contributed by atoms with Gasteiger partial charge in [-0.1, -0.05) is 12.8 Å². The molecule has 2 rings (SSSR count). The molecule has 74 valence electrons. The normalized spacial score (nSPS) is 37.5. The smallest absolute Gasteiger partial charge is 0.341 e. The molecule has 2 unspecified atom stereocenters. The zero-order valence-electron chi connectivity index (χ0n) is 8.04. The topological polar surface area (TPSA) is 38.8 Å². The van der Waals surface area contributed by atoms with E-state index in [-0.39, 0.29) is 12.1 Å². The number of esters is 1. The molecule has 3 heteroatoms. The van der Waals surface area contributed by atoms with Crippen LogP contribution in [0.5, 0.6) is 0 Å². The quantitative estimate of drug-likeness (QED) is 0.484. The van der Waals surface area contributed by atoms with Crippen LogP contribution < -0.4 is 0 Å². The van der Waals surface area contributed by atoms with Crippen molar-refractivity contribution in [2.75, 3.05) is 6.61 Å². The van der Waals surface area contributed by atoms with Crippen molar-refractivity contribution in [2.24, 2.45) is 0 Å². The number of fused-ring (bicyclic) bond motifs is 1. The standard InChI is InChI=1S/C10H16O3/c1-2-12-9(11)10-7-5-3-4-6-8(10)13-10/h8H,2-7H2,1H3. The van der Waals surface area contributed by atoms with E-state index < -0.39 is 5.60 Å². The van der Waals surface area contributed by atoms with Gasteiger partial charge in [-0.15, -0.1) is 0 Å². The van der Waals surface area contributed by atoms with Gasteiger partial charge in [0.1, 0.15) is 0 Å². The van der Waals surface area contributed by atoms with Gasteiger partial charge in [0.15, 0.2) is 5.60 Å². The number of epoxide rings is 1. The molecule has 13 heavy (non-hydrogen) atoms. The van der Waals surface area contributed by atoms with Gasteiger partial charge in [-0.3, -0.25) is 0 Å². The Kier molecular flexibility index (Phi) is 2.28. The third-order valence-corrected chi connectivity index (χ3v) is 2.95. The average molecular weight is 184 g/mol. The molecule has 0 aromatic carbocycles. The molecular weight excluding hydrogens is 168 g/mol. The second kappa shape index (κ2) is 3.29. The first-order valence-corrected chi connectivity index (χ1v) is 5.14. The van der Waals surface area contributed by atoms with Gasteiger partial charge in [0, 0.05) is 0 Å². The van der Waals surface area contributed by atoms with Crippen molar-refractivity contribution in [3.8, 4) is 0 Å². The SMILES string of the molecule is CCOC(=O)C12CCCCCC1O2. The Morgan fingerprint density at radius 3 is 3.15 bits per heavy atom. The van der Waals surface area contributed by atoms with Gasteiger partial charge in [-0.2, -0.15) is 0 Å². The predicted molar refractivity (Wildman–Crippen MR) is 47.3 cm³/mol. The minimum Gasteiger partial charge on any atom is -0.464 e. The molecule has 0 aromatic rings. The maximum Gasteiger partial charge on any atom is 0.341 e. The van der Waals surface area contributed by atoms with E-state index in [2.05, 4.69) is 0 Å². The Bertz CT molecular complexity index is 214. The molecule has 0 N–H and O–H groups in total. The van der Waals surface area contributed by atoms with E-state index in [1.54, 1.807) is 0 Å². The monoisotopic (exact) mass is 184 g/mol. The van der Waals surface area contributed by atoms with Crippen molar-refractivity contribution in [3.63, 3.8) is 0 Å². The lowest BCUT2D eigenvalue weighted by Crippen LogP contribution is -2.29. The lowest BCUT2D eigenvalue weighted by atomic mass is 10.0. The maximum absolute atomic E-state index is 11.6. The van der Waals surface area contributed by atoms with E-state index in [1.807, 2.05) is 6.92 Å². The van der Waals surface area contributed by atoms with Gasteiger partial charge < -0.3 is 9.47 Å². The number of hydrogen-bond acceptors (Lipinski definition) is 3. The van der Waals surface area contributed by atoms with Crippen LogP contribution in [0.1, 0.15) is 39.0 Å². The molecule has 2 fully saturated rings. The van der Waals surface area contributed by atoms with Gasteiger partial charge in [0.25, 0.3) is 0 Å². The van der Waals surface area contributed by atoms with Crippen LogP contribution >= 0.6 is 0 Å². The predicted octanol–water partition coefficient (Wildman–Crippen LogP) is 1.65. The summed E-state index contributed by atoms with van der Waals surface area (Å²) < 4.78 is 10.5. The lowest BCUT2D eigenvalue weighted by Gasteiger charge is -2.09. The molecular formula is C10H16O3. The molecule has 0 aromatic heterocycles. The minimum atomic E-state index is -0.521. The van der Waals surface area contributed by atoms with Gasteiger partial charge in [-0.05, 0) is 26.2 Å². The highest BCUT2D eigenvalue weighted by Gasteiger charge is 2.63. The number of rotatable bonds is 2. The Morgan fingerprint density at radius 2 is 2.38 bits per heavy atom. The van der Waals surface area contributed by atoms with Crippen LogP contribution in [-0.2, 0) is 14.3 Å². The first kappa shape index (κ1) is 9.00. The zero-order valence-corrected chi connectivity index (χ0v) is 8.04. The van der Waals surface area contributed by atoms with Gasteiger partial charge in [-0.25, -0.2) is 4.79 Å². The number of carbonyl (C=O) groups is 1. The number of ether oxygens (including phenoxy) is 2. The molecule has 0 amide bonds. The van der Waals surface area contributed by atoms with E-state index in [9.17, 15) is 4.79 Å². The third kappa shape index (κ3) is 1.46. The van der Waals surface area contributed by atoms with Crippen molar-refractivity contribution in [3.05, 3.63) is 0 Å². The summed E-state index contributed by atoms with van der Waals surface area (Å²) in [6.45, 7) is 2.29. The Morgan fingerprint density at radius 1 is 1.54 bits per heavy atom. The minimum absolute atomic E-state index is 0.137. The first-order chi connectivity index (χ1) is 6.29. The highest BCUT2D eigenvalue weighted by Crippen LogP contribution is 2.47. The lowest BCUT2D eigenvalue weighted by molar-refractivity contribution is -0.149. The second-order valence-electron chi connectivity index (χ2n) is 3.82. The Labute approximate surface area is 78.4 Å². The largest absolute Gasteiger partial charge is 0.464 e. The van der Waals surface area contributed by atoms with E-state index in [1.165, 1.54) is 12.8 Å². The summed E-state index contributed by atoms with van der Waals surface area (Å²) in [5.41, 5.74) is -0.521. The summed E-state index contributed by atoms with van der Waals surface area (Å²) in [7, 11) is 0. The van der Waals surface area contributed by atoms with E-state index in [0.29, 0.717) is 6.61 Å². The molecule has 0 spiro atoms. The van der Waals surface area contributed by atoms with Crippen molar-refractivity contribution in [2.45, 2.75) is 50.7 Å². The molecule has 2 aliphatic rings. The highest BCUT2D eigenvalue weighted by atomic mass is 16.7. The van der Waals surface area contributed by atoms with E-state index >= 15 is 0 Å². The van der Waals surface area contributed by atoms with Gasteiger partial charge in [0.2, 0.25) is 0 Å². The fraction of sp³-hybridized carbons (Fsp3) is 0.900. The van der Waals surface area contributed by atoms with E-state index in [4.69, 9.17) is 9.47 Å². The van der Waals surface area contributed by atoms with Crippen LogP contribution in [0, 0.1) is 0 Å². The highest BCUT2D eigenvalue weighted by molar-refractivity contribution is 5.83. The van der Waals surface area contributed by atoms with Crippen molar-refractivity contribution >= 4 is 5.97 Å². The molecule has 1 saturated heterocycles. The van der Waals surface area contributed by atoms with Crippen molar-refractivity contribution < 1.29 is 14.3 Å². The summed E-state index contributed by atoms with van der Waals surface area (Å²) in [5.74, 6) is -0.137. The summed E-state index contributed by atoms with van der Waals surface area (Å²) in [6.07, 6.45) is 5.55. The molecule has 2 atom stereocenters. The third-order valence-electron chi connectivity index (χ3n) is 2.95. The summed E-state index contributed by atoms with van der Waals surface area (Å²) in [4.78, 5) is 11.6. The average Bonchev–Trinajstić information content (AvgIpc) is 2.77. The number of carbonyl (C=O) groups excluding carboxylic acids is 1. The fourth-order valence-electron chi connectivity index (χ4n) is 2.16. The molecule has 1 aliphatic carbocycles. The summed E-state index contributed by atoms with van der Waals surface area (Å²) in [6, 6.07) is 0. The van der Waals surface area contributed by atoms with Crippen LogP contribution in [-0.4, -0.2) is 24.3 Å². The molecule has 1 heterocycles. The fourth-order valence-corrected chi connectivity index (χ4v) is 2.16. The van der Waals surface area contributed by atoms with Crippen LogP contribution in [0.3, 0.4) is 0 Å². The first-order valence-electron chi connectivity index (χ1n) is 5.14. The van der Waals surface area contributed by atoms with Crippen LogP contribution in [0.25, 0.3) is 0 Å². The Balaban J connectivity index is 2.00. The second-order valence-corrected chi connectivity index (χ2v) is 3.82. The summed E-state index contributed by atoms with van der Waals surface area (Å²) >= 11 is 0. The van der Waals surface area contributed by atoms with Gasteiger partial charge >= 0.3 is 5.97 Å². The molecule has 3 nitrogen and oxygen atoms in total. The van der Waals surface area contributed by atoms with Crippen molar-refractivity contribution in [1.29, 1.82) is 0 Å². The van der Waals surface area contributed by atoms with Crippen LogP contribution in [0.15, 0.2) is 0 Å². The van der Waals surface area contributed by atoms with E-state index in [0.717, 1.165) is 19.3 Å². The Hall–Kier alpha value is -0.570. The summed E-state index contributed by atoms with van der Waals surface area (Å²) in [5, 5.41) is 0. The molecule has 1 saturated carbocycles.